The zero-order valence-corrected chi connectivity index (χ0v) is 24.7. The zero-order chi connectivity index (χ0) is 30.6. The lowest BCUT2D eigenvalue weighted by Crippen LogP contribution is -2.54. The van der Waals surface area contributed by atoms with Gasteiger partial charge in [-0.2, -0.15) is 26.3 Å². The third-order valence-corrected chi connectivity index (χ3v) is 7.77. The number of aliphatic hydroxyl groups is 1. The molecule has 3 rings (SSSR count). The van der Waals surface area contributed by atoms with Crippen LogP contribution < -0.4 is 4.74 Å². The van der Waals surface area contributed by atoms with Gasteiger partial charge in [-0.15, -0.1) is 0 Å². The first-order valence-electron chi connectivity index (χ1n) is 13.5. The molecule has 1 atom stereocenters. The van der Waals surface area contributed by atoms with Gasteiger partial charge in [-0.3, -0.25) is 4.99 Å². The summed E-state index contributed by atoms with van der Waals surface area (Å²) in [4.78, 5) is 6.64. The van der Waals surface area contributed by atoms with Gasteiger partial charge in [0.1, 0.15) is 17.1 Å². The number of alkyl halides is 6. The number of hydrogen-bond acceptors (Lipinski definition) is 4. The van der Waals surface area contributed by atoms with Crippen molar-refractivity contribution in [2.24, 2.45) is 4.99 Å². The standard InChI is InChI=1S/C29H34BrF7N2O2/c1-4-8-19-14-22(27(40,28(32,33)34)29(35,36)37)15-20(9-5-2)25(19)41-13-7-6-12-39-17-26(3,38-18-39)21-10-11-24(31)23(30)16-21/h10-11,14-16,18,40H,4-9,12-13,17H2,1-3H3. The van der Waals surface area contributed by atoms with E-state index in [0.29, 0.717) is 43.2 Å². The van der Waals surface area contributed by atoms with Gasteiger partial charge in [0.2, 0.25) is 0 Å². The summed E-state index contributed by atoms with van der Waals surface area (Å²) in [6.45, 7) is 6.92. The smallest absolute Gasteiger partial charge is 0.430 e. The number of ether oxygens (including phenoxy) is 1. The van der Waals surface area contributed by atoms with Crippen LogP contribution in [-0.4, -0.2) is 48.4 Å². The molecular formula is C29H34BrF7N2O2. The molecule has 1 heterocycles. The maximum Gasteiger partial charge on any atom is 0.430 e. The Bertz CT molecular complexity index is 1190. The number of rotatable bonds is 12. The molecule has 228 valence electrons. The minimum absolute atomic E-state index is 0.188. The molecule has 0 saturated heterocycles. The second-order valence-electron chi connectivity index (χ2n) is 10.5. The van der Waals surface area contributed by atoms with Crippen LogP contribution in [0.15, 0.2) is 39.8 Å². The Balaban J connectivity index is 1.70. The van der Waals surface area contributed by atoms with E-state index in [1.807, 2.05) is 11.8 Å². The molecule has 12 heteroatoms. The first-order chi connectivity index (χ1) is 19.1. The fraction of sp³-hybridized carbons (Fsp3) is 0.552. The topological polar surface area (TPSA) is 45.1 Å². The Morgan fingerprint density at radius 2 is 1.56 bits per heavy atom. The van der Waals surface area contributed by atoms with Crippen LogP contribution in [0, 0.1) is 5.82 Å². The molecular weight excluding hydrogens is 621 g/mol. The first-order valence-corrected chi connectivity index (χ1v) is 14.3. The average Bonchev–Trinajstić information content (AvgIpc) is 3.26. The maximum absolute atomic E-state index is 13.6. The Kier molecular flexibility index (Phi) is 10.4. The van der Waals surface area contributed by atoms with E-state index in [1.165, 1.54) is 6.07 Å². The number of aliphatic imine (C=N–C) groups is 1. The summed E-state index contributed by atoms with van der Waals surface area (Å²) >= 11 is 3.20. The van der Waals surface area contributed by atoms with Gasteiger partial charge in [0.05, 0.1) is 17.4 Å². The Labute approximate surface area is 243 Å². The fourth-order valence-electron chi connectivity index (χ4n) is 4.96. The molecule has 0 aromatic heterocycles. The molecule has 0 bridgehead atoms. The van der Waals surface area contributed by atoms with Crippen LogP contribution in [-0.2, 0) is 24.0 Å². The minimum Gasteiger partial charge on any atom is -0.493 e. The third kappa shape index (κ3) is 7.18. The van der Waals surface area contributed by atoms with Crippen molar-refractivity contribution in [2.45, 2.75) is 82.8 Å². The van der Waals surface area contributed by atoms with Gasteiger partial charge in [-0.25, -0.2) is 4.39 Å². The fourth-order valence-corrected chi connectivity index (χ4v) is 5.34. The maximum atomic E-state index is 13.6. The van der Waals surface area contributed by atoms with E-state index in [9.17, 15) is 35.8 Å². The lowest BCUT2D eigenvalue weighted by Gasteiger charge is -2.33. The van der Waals surface area contributed by atoms with E-state index in [4.69, 9.17) is 4.74 Å². The summed E-state index contributed by atoms with van der Waals surface area (Å²) in [7, 11) is 0. The van der Waals surface area contributed by atoms with Gasteiger partial charge in [0, 0.05) is 18.7 Å². The normalized spacial score (nSPS) is 17.9. The largest absolute Gasteiger partial charge is 0.493 e. The van der Waals surface area contributed by atoms with Crippen molar-refractivity contribution in [3.8, 4) is 5.75 Å². The lowest BCUT2D eigenvalue weighted by molar-refractivity contribution is -0.376. The molecule has 1 aliphatic rings. The van der Waals surface area contributed by atoms with E-state index in [2.05, 4.69) is 20.9 Å². The van der Waals surface area contributed by atoms with Crippen molar-refractivity contribution in [3.63, 3.8) is 0 Å². The van der Waals surface area contributed by atoms with Crippen LogP contribution in [0.3, 0.4) is 0 Å². The highest BCUT2D eigenvalue weighted by Gasteiger charge is 2.71. The van der Waals surface area contributed by atoms with Crippen molar-refractivity contribution in [2.75, 3.05) is 19.7 Å². The van der Waals surface area contributed by atoms with Gasteiger partial charge in [-0.05, 0) is 89.5 Å². The molecule has 0 aliphatic carbocycles. The minimum atomic E-state index is -5.96. The van der Waals surface area contributed by atoms with Gasteiger partial charge >= 0.3 is 12.4 Å². The molecule has 2 aromatic rings. The van der Waals surface area contributed by atoms with Gasteiger partial charge in [-0.1, -0.05) is 32.8 Å². The molecule has 0 radical (unpaired) electrons. The number of nitrogens with zero attached hydrogens (tertiary/aromatic N) is 2. The second kappa shape index (κ2) is 12.9. The Hall–Kier alpha value is -2.34. The first kappa shape index (κ1) is 33.2. The van der Waals surface area contributed by atoms with Crippen molar-refractivity contribution in [3.05, 3.63) is 62.9 Å². The van der Waals surface area contributed by atoms with Crippen LogP contribution >= 0.6 is 15.9 Å². The number of aryl methyl sites for hydroxylation is 2. The van der Waals surface area contributed by atoms with E-state index < -0.39 is 29.1 Å². The molecule has 0 fully saturated rings. The predicted octanol–water partition coefficient (Wildman–Crippen LogP) is 8.22. The van der Waals surface area contributed by atoms with Crippen LogP contribution in [0.2, 0.25) is 0 Å². The van der Waals surface area contributed by atoms with E-state index in [1.54, 1.807) is 32.3 Å². The highest BCUT2D eigenvalue weighted by Crippen LogP contribution is 2.51. The van der Waals surface area contributed by atoms with Crippen LogP contribution in [0.4, 0.5) is 30.7 Å². The third-order valence-electron chi connectivity index (χ3n) is 7.16. The molecule has 1 unspecified atom stereocenters. The van der Waals surface area contributed by atoms with Crippen molar-refractivity contribution in [1.29, 1.82) is 0 Å². The molecule has 0 spiro atoms. The van der Waals surface area contributed by atoms with Crippen LogP contribution in [0.25, 0.3) is 0 Å². The lowest BCUT2D eigenvalue weighted by atomic mass is 9.87. The van der Waals surface area contributed by atoms with Crippen molar-refractivity contribution < 1.29 is 40.6 Å². The molecule has 41 heavy (non-hydrogen) atoms. The summed E-state index contributed by atoms with van der Waals surface area (Å²) in [6.07, 6.45) is -7.59. The van der Waals surface area contributed by atoms with Gasteiger partial charge in [0.25, 0.3) is 5.60 Å². The summed E-state index contributed by atoms with van der Waals surface area (Å²) in [5.74, 6) is -0.0762. The van der Waals surface area contributed by atoms with Crippen LogP contribution in [0.1, 0.15) is 68.7 Å². The van der Waals surface area contributed by atoms with Crippen molar-refractivity contribution in [1.82, 2.24) is 4.90 Å². The summed E-state index contributed by atoms with van der Waals surface area (Å²) < 4.78 is 101. The molecule has 2 aromatic carbocycles. The summed E-state index contributed by atoms with van der Waals surface area (Å²) in [5.41, 5.74) is -5.50. The van der Waals surface area contributed by atoms with Gasteiger partial charge in [0.15, 0.2) is 0 Å². The molecule has 1 N–H and O–H groups in total. The Morgan fingerprint density at radius 1 is 0.976 bits per heavy atom. The number of halogens is 8. The van der Waals surface area contributed by atoms with Crippen LogP contribution in [0.5, 0.6) is 5.75 Å². The molecule has 0 amide bonds. The molecule has 0 saturated carbocycles. The summed E-state index contributed by atoms with van der Waals surface area (Å²) in [6, 6.07) is 6.34. The Morgan fingerprint density at radius 3 is 2.07 bits per heavy atom. The highest BCUT2D eigenvalue weighted by molar-refractivity contribution is 9.10. The van der Waals surface area contributed by atoms with Crippen molar-refractivity contribution >= 4 is 22.3 Å². The summed E-state index contributed by atoms with van der Waals surface area (Å²) in [5, 5.41) is 9.99. The molecule has 4 nitrogen and oxygen atoms in total. The predicted molar refractivity (Wildman–Crippen MR) is 147 cm³/mol. The molecule has 1 aliphatic heterocycles. The monoisotopic (exact) mass is 654 g/mol. The zero-order valence-electron chi connectivity index (χ0n) is 23.1. The highest BCUT2D eigenvalue weighted by atomic mass is 79.9. The number of benzene rings is 2. The average molecular weight is 655 g/mol. The second-order valence-corrected chi connectivity index (χ2v) is 11.4. The van der Waals surface area contributed by atoms with E-state index in [-0.39, 0.29) is 42.1 Å². The quantitative estimate of drug-likeness (QED) is 0.185. The van der Waals surface area contributed by atoms with E-state index >= 15 is 0 Å². The SMILES string of the molecule is CCCc1cc(C(O)(C(F)(F)F)C(F)(F)F)cc(CCC)c1OCCCCN1C=NC(C)(c2ccc(F)c(Br)c2)C1. The van der Waals surface area contributed by atoms with E-state index in [0.717, 1.165) is 17.7 Å². The van der Waals surface area contributed by atoms with Gasteiger partial charge < -0.3 is 14.7 Å². The number of hydrogen-bond donors (Lipinski definition) is 1. The number of unbranched alkanes of at least 4 members (excludes halogenated alkanes) is 1.